The van der Waals surface area contributed by atoms with Crippen molar-refractivity contribution in [2.75, 3.05) is 0 Å². The lowest BCUT2D eigenvalue weighted by Crippen LogP contribution is -2.30. The van der Waals surface area contributed by atoms with Gasteiger partial charge in [0.2, 0.25) is 0 Å². The molecular formula is C24H27N2+. The van der Waals surface area contributed by atoms with Gasteiger partial charge >= 0.3 is 0 Å². The molecule has 0 saturated heterocycles. The number of hydrogen-bond donors (Lipinski definition) is 0. The van der Waals surface area contributed by atoms with Gasteiger partial charge in [-0.3, -0.25) is 0 Å². The Morgan fingerprint density at radius 1 is 0.769 bits per heavy atom. The molecule has 2 nitrogen and oxygen atoms in total. The molecule has 132 valence electrons. The molecule has 0 amide bonds. The van der Waals surface area contributed by atoms with Gasteiger partial charge in [-0.05, 0) is 59.4 Å². The van der Waals surface area contributed by atoms with Crippen LogP contribution in [-0.2, 0) is 7.05 Å². The highest BCUT2D eigenvalue weighted by molar-refractivity contribution is 6.07. The van der Waals surface area contributed by atoms with Crippen molar-refractivity contribution in [3.8, 4) is 5.69 Å². The maximum absolute atomic E-state index is 2.40. The van der Waals surface area contributed by atoms with Crippen LogP contribution < -0.4 is 4.57 Å². The predicted octanol–water partition coefficient (Wildman–Crippen LogP) is 5.86. The lowest BCUT2D eigenvalue weighted by atomic mass is 10.0. The topological polar surface area (TPSA) is 8.81 Å². The fourth-order valence-corrected chi connectivity index (χ4v) is 3.81. The first-order valence-corrected chi connectivity index (χ1v) is 9.50. The molecule has 0 unspecified atom stereocenters. The van der Waals surface area contributed by atoms with Crippen molar-refractivity contribution >= 4 is 21.9 Å². The molecule has 0 saturated carbocycles. The summed E-state index contributed by atoms with van der Waals surface area (Å²) in [6, 6.07) is 20.2. The summed E-state index contributed by atoms with van der Waals surface area (Å²) >= 11 is 0. The van der Waals surface area contributed by atoms with Crippen LogP contribution in [-0.4, -0.2) is 4.57 Å². The second kappa shape index (κ2) is 6.28. The van der Waals surface area contributed by atoms with Gasteiger partial charge in [0.15, 0.2) is 0 Å². The van der Waals surface area contributed by atoms with Gasteiger partial charge in [0.25, 0.3) is 5.65 Å². The molecule has 0 aliphatic heterocycles. The average molecular weight is 343 g/mol. The minimum atomic E-state index is 0.518. The minimum absolute atomic E-state index is 0.518. The largest absolute Gasteiger partial charge is 0.294 e. The smallest absolute Gasteiger partial charge is 0.236 e. The molecule has 26 heavy (non-hydrogen) atoms. The minimum Gasteiger partial charge on any atom is -0.236 e. The summed E-state index contributed by atoms with van der Waals surface area (Å²) in [5.41, 5.74) is 6.50. The Morgan fingerprint density at radius 3 is 2.23 bits per heavy atom. The van der Waals surface area contributed by atoms with Crippen molar-refractivity contribution < 1.29 is 4.57 Å². The monoisotopic (exact) mass is 343 g/mol. The Morgan fingerprint density at radius 2 is 1.50 bits per heavy atom. The third-order valence-electron chi connectivity index (χ3n) is 5.37. The summed E-state index contributed by atoms with van der Waals surface area (Å²) in [7, 11) is 2.13. The predicted molar refractivity (Wildman–Crippen MR) is 110 cm³/mol. The number of fused-ring (bicyclic) bond motifs is 3. The second-order valence-corrected chi connectivity index (χ2v) is 7.87. The van der Waals surface area contributed by atoms with Gasteiger partial charge in [0.1, 0.15) is 11.2 Å². The zero-order valence-electron chi connectivity index (χ0n) is 16.3. The molecule has 4 aromatic rings. The van der Waals surface area contributed by atoms with E-state index in [9.17, 15) is 0 Å². The summed E-state index contributed by atoms with van der Waals surface area (Å²) in [6.07, 6.45) is 2.13. The number of pyridine rings is 1. The van der Waals surface area contributed by atoms with Gasteiger partial charge in [-0.2, -0.15) is 4.57 Å². The molecule has 0 atom stereocenters. The van der Waals surface area contributed by atoms with E-state index in [2.05, 4.69) is 105 Å². The number of nitrogens with zero attached hydrogens (tertiary/aromatic N) is 2. The summed E-state index contributed by atoms with van der Waals surface area (Å²) in [5, 5.41) is 2.64. The lowest BCUT2D eigenvalue weighted by molar-refractivity contribution is -0.647. The van der Waals surface area contributed by atoms with Crippen LogP contribution in [0.15, 0.2) is 60.8 Å². The highest BCUT2D eigenvalue weighted by Crippen LogP contribution is 2.33. The van der Waals surface area contributed by atoms with Crippen LogP contribution in [0, 0.1) is 0 Å². The van der Waals surface area contributed by atoms with Crippen LogP contribution in [0.25, 0.3) is 27.6 Å². The molecule has 0 bridgehead atoms. The van der Waals surface area contributed by atoms with Crippen molar-refractivity contribution in [2.45, 2.75) is 39.5 Å². The van der Waals surface area contributed by atoms with Crippen molar-refractivity contribution in [2.24, 2.45) is 7.05 Å². The molecule has 2 heterocycles. The van der Waals surface area contributed by atoms with E-state index in [-0.39, 0.29) is 0 Å². The molecule has 0 radical (unpaired) electrons. The molecule has 2 aromatic heterocycles. The Balaban J connectivity index is 2.12. The van der Waals surface area contributed by atoms with Crippen molar-refractivity contribution in [3.63, 3.8) is 0 Å². The number of rotatable bonds is 3. The first kappa shape index (κ1) is 16.8. The van der Waals surface area contributed by atoms with E-state index in [0.717, 1.165) is 0 Å². The quantitative estimate of drug-likeness (QED) is 0.412. The van der Waals surface area contributed by atoms with Crippen molar-refractivity contribution in [3.05, 3.63) is 71.9 Å². The Hall–Kier alpha value is -2.61. The molecule has 0 aliphatic carbocycles. The number of hydrogen-bond acceptors (Lipinski definition) is 0. The normalized spacial score (nSPS) is 12.0. The summed E-state index contributed by atoms with van der Waals surface area (Å²) < 4.78 is 4.63. The highest BCUT2D eigenvalue weighted by Gasteiger charge is 2.22. The summed E-state index contributed by atoms with van der Waals surface area (Å²) in [6.45, 7) is 9.01. The van der Waals surface area contributed by atoms with Crippen LogP contribution in [0.5, 0.6) is 0 Å². The van der Waals surface area contributed by atoms with E-state index < -0.39 is 0 Å². The van der Waals surface area contributed by atoms with Gasteiger partial charge in [0.05, 0.1) is 18.6 Å². The highest BCUT2D eigenvalue weighted by atomic mass is 15.1. The SMILES string of the molecule is CC(C)c1cccc(-n2c3ccc(C(C)C)cc3c3ccc[n+](C)c32)c1. The first-order valence-electron chi connectivity index (χ1n) is 9.50. The van der Waals surface area contributed by atoms with Crippen LogP contribution in [0.1, 0.15) is 50.7 Å². The standard InChI is InChI=1S/C24H27N2/c1-16(2)18-8-6-9-20(14-18)26-23-12-11-19(17(3)4)15-22(23)21-10-7-13-25(5)24(21)26/h6-17H,1-5H3/q+1. The van der Waals surface area contributed by atoms with Crippen LogP contribution >= 0.6 is 0 Å². The Kier molecular flexibility index (Phi) is 4.07. The fourth-order valence-electron chi connectivity index (χ4n) is 3.81. The second-order valence-electron chi connectivity index (χ2n) is 7.87. The molecule has 0 spiro atoms. The third-order valence-corrected chi connectivity index (χ3v) is 5.37. The molecule has 0 fully saturated rings. The van der Waals surface area contributed by atoms with E-state index in [1.165, 1.54) is 38.8 Å². The van der Waals surface area contributed by atoms with Crippen LogP contribution in [0.3, 0.4) is 0 Å². The van der Waals surface area contributed by atoms with Crippen molar-refractivity contribution in [1.82, 2.24) is 4.57 Å². The average Bonchev–Trinajstić information content (AvgIpc) is 2.97. The molecule has 0 N–H and O–H groups in total. The maximum atomic E-state index is 2.40. The van der Waals surface area contributed by atoms with E-state index in [1.807, 2.05) is 0 Å². The van der Waals surface area contributed by atoms with Crippen molar-refractivity contribution in [1.29, 1.82) is 0 Å². The third kappa shape index (κ3) is 2.61. The molecule has 4 rings (SSSR count). The number of benzene rings is 2. The van der Waals surface area contributed by atoms with Crippen LogP contribution in [0.2, 0.25) is 0 Å². The Labute approximate surface area is 155 Å². The molecule has 0 aliphatic rings. The zero-order valence-corrected chi connectivity index (χ0v) is 16.3. The first-order chi connectivity index (χ1) is 12.5. The van der Waals surface area contributed by atoms with Gasteiger partial charge < -0.3 is 0 Å². The van der Waals surface area contributed by atoms with Gasteiger partial charge in [-0.15, -0.1) is 0 Å². The zero-order chi connectivity index (χ0) is 18.4. The van der Waals surface area contributed by atoms with E-state index >= 15 is 0 Å². The molecule has 2 aromatic carbocycles. The van der Waals surface area contributed by atoms with Gasteiger partial charge in [-0.1, -0.05) is 45.9 Å². The van der Waals surface area contributed by atoms with Gasteiger partial charge in [0, 0.05) is 5.39 Å². The molecule has 2 heteroatoms. The van der Waals surface area contributed by atoms with Crippen LogP contribution in [0.4, 0.5) is 0 Å². The fraction of sp³-hybridized carbons (Fsp3) is 0.292. The van der Waals surface area contributed by atoms with Gasteiger partial charge in [-0.25, -0.2) is 4.57 Å². The summed E-state index contributed by atoms with van der Waals surface area (Å²) in [4.78, 5) is 0. The maximum Gasteiger partial charge on any atom is 0.294 e. The lowest BCUT2D eigenvalue weighted by Gasteiger charge is -2.08. The van der Waals surface area contributed by atoms with E-state index in [1.54, 1.807) is 0 Å². The number of aryl methyl sites for hydroxylation is 1. The summed E-state index contributed by atoms with van der Waals surface area (Å²) in [5.74, 6) is 1.05. The van der Waals surface area contributed by atoms with E-state index in [0.29, 0.717) is 11.8 Å². The van der Waals surface area contributed by atoms with E-state index in [4.69, 9.17) is 0 Å². The Bertz CT molecular complexity index is 1100. The molecular weight excluding hydrogens is 316 g/mol. The number of aromatic nitrogens is 2.